The molecule has 1 N–H and O–H groups in total. The van der Waals surface area contributed by atoms with Crippen LogP contribution in [-0.4, -0.2) is 30.6 Å². The Balaban J connectivity index is 1.33. The van der Waals surface area contributed by atoms with Crippen molar-refractivity contribution in [3.63, 3.8) is 0 Å². The lowest BCUT2D eigenvalue weighted by Gasteiger charge is -2.22. The molecule has 1 aromatic rings. The maximum absolute atomic E-state index is 12.4. The van der Waals surface area contributed by atoms with E-state index >= 15 is 0 Å². The number of hydrogen-bond acceptors (Lipinski definition) is 5. The van der Waals surface area contributed by atoms with Crippen LogP contribution in [0.3, 0.4) is 0 Å². The second kappa shape index (κ2) is 5.88. The van der Waals surface area contributed by atoms with E-state index in [-0.39, 0.29) is 36.4 Å². The number of benzene rings is 1. The minimum Gasteiger partial charge on any atom is -0.462 e. The van der Waals surface area contributed by atoms with Gasteiger partial charge in [0.15, 0.2) is 6.61 Å². The van der Waals surface area contributed by atoms with Crippen LogP contribution in [0.4, 0.5) is 5.69 Å². The van der Waals surface area contributed by atoms with Gasteiger partial charge in [0.05, 0.1) is 11.8 Å². The van der Waals surface area contributed by atoms with Gasteiger partial charge < -0.3 is 14.8 Å². The minimum absolute atomic E-state index is 0.0164. The fourth-order valence-electron chi connectivity index (χ4n) is 4.29. The zero-order valence-electron chi connectivity index (χ0n) is 12.7. The Morgan fingerprint density at radius 2 is 2.00 bits per heavy atom. The van der Waals surface area contributed by atoms with E-state index in [1.54, 1.807) is 24.3 Å². The maximum Gasteiger partial charge on any atom is 0.310 e. The predicted molar refractivity (Wildman–Crippen MR) is 86.8 cm³/mol. The molecule has 2 saturated carbocycles. The number of rotatable bonds is 4. The molecule has 5 atom stereocenters. The molecule has 0 spiro atoms. The normalized spacial score (nSPS) is 32.5. The van der Waals surface area contributed by atoms with E-state index in [1.165, 1.54) is 0 Å². The van der Waals surface area contributed by atoms with Gasteiger partial charge in [-0.1, -0.05) is 15.9 Å². The highest BCUT2D eigenvalue weighted by Gasteiger charge is 2.64. The Morgan fingerprint density at radius 1 is 1.25 bits per heavy atom. The van der Waals surface area contributed by atoms with Gasteiger partial charge in [-0.05, 0) is 43.0 Å². The topological polar surface area (TPSA) is 81.7 Å². The van der Waals surface area contributed by atoms with Crippen LogP contribution >= 0.6 is 15.9 Å². The first-order valence-electron chi connectivity index (χ1n) is 7.95. The number of carbonyl (C=O) groups excluding carboxylic acids is 3. The Kier molecular flexibility index (Phi) is 3.83. The predicted octanol–water partition coefficient (Wildman–Crippen LogP) is 2.13. The first-order valence-corrected chi connectivity index (χ1v) is 8.75. The summed E-state index contributed by atoms with van der Waals surface area (Å²) in [6.45, 7) is -0.353. The summed E-state index contributed by atoms with van der Waals surface area (Å²) in [5.41, 5.74) is 0.626. The van der Waals surface area contributed by atoms with Crippen molar-refractivity contribution in [1.82, 2.24) is 0 Å². The quantitative estimate of drug-likeness (QED) is 0.792. The summed E-state index contributed by atoms with van der Waals surface area (Å²) in [6, 6.07) is 7.10. The standard InChI is InChI=1S/C17H16BrNO5/c18-9-1-3-10(4-2-9)19-13(20)7-23-16(21)14-8-5-11-12(6-8)24-17(22)15(11)14/h1-4,8,11-12,14-15H,5-7H2,(H,19,20)/t8-,11+,12-,14-,15+/m1/s1. The number of amides is 1. The van der Waals surface area contributed by atoms with Crippen LogP contribution in [0.25, 0.3) is 0 Å². The van der Waals surface area contributed by atoms with Crippen LogP contribution in [0.15, 0.2) is 28.7 Å². The number of nitrogens with one attached hydrogen (secondary N) is 1. The molecule has 0 aromatic heterocycles. The molecule has 0 radical (unpaired) electrons. The van der Waals surface area contributed by atoms with Gasteiger partial charge in [0.2, 0.25) is 0 Å². The molecule has 1 aliphatic heterocycles. The average molecular weight is 394 g/mol. The average Bonchev–Trinajstić information content (AvgIpc) is 3.16. The Labute approximate surface area is 147 Å². The van der Waals surface area contributed by atoms with Crippen LogP contribution < -0.4 is 5.32 Å². The molecule has 0 unspecified atom stereocenters. The van der Waals surface area contributed by atoms with Crippen molar-refractivity contribution < 1.29 is 23.9 Å². The third kappa shape index (κ3) is 2.60. The van der Waals surface area contributed by atoms with Crippen molar-refractivity contribution in [1.29, 1.82) is 0 Å². The van der Waals surface area contributed by atoms with Crippen molar-refractivity contribution in [2.24, 2.45) is 23.7 Å². The van der Waals surface area contributed by atoms with E-state index in [2.05, 4.69) is 21.2 Å². The maximum atomic E-state index is 12.4. The van der Waals surface area contributed by atoms with Crippen molar-refractivity contribution in [2.45, 2.75) is 18.9 Å². The molecule has 1 amide bonds. The van der Waals surface area contributed by atoms with Crippen LogP contribution in [0.5, 0.6) is 0 Å². The van der Waals surface area contributed by atoms with Gasteiger partial charge in [0.1, 0.15) is 6.10 Å². The number of hydrogen-bond donors (Lipinski definition) is 1. The zero-order chi connectivity index (χ0) is 16.8. The second-order valence-electron chi connectivity index (χ2n) is 6.59. The summed E-state index contributed by atoms with van der Waals surface area (Å²) < 4.78 is 11.4. The minimum atomic E-state index is -0.462. The molecule has 2 aliphatic carbocycles. The van der Waals surface area contributed by atoms with Crippen molar-refractivity contribution in [2.75, 3.05) is 11.9 Å². The van der Waals surface area contributed by atoms with Gasteiger partial charge in [-0.15, -0.1) is 0 Å². The van der Waals surface area contributed by atoms with E-state index in [0.29, 0.717) is 5.69 Å². The van der Waals surface area contributed by atoms with Gasteiger partial charge in [0.25, 0.3) is 5.91 Å². The number of anilines is 1. The smallest absolute Gasteiger partial charge is 0.310 e. The molecular formula is C17H16BrNO5. The number of fused-ring (bicyclic) bond motifs is 1. The number of halogens is 1. The first kappa shape index (κ1) is 15.6. The van der Waals surface area contributed by atoms with Crippen LogP contribution in [0, 0.1) is 23.7 Å². The van der Waals surface area contributed by atoms with Gasteiger partial charge in [0, 0.05) is 16.1 Å². The summed E-state index contributed by atoms with van der Waals surface area (Å²) >= 11 is 3.32. The Bertz CT molecular complexity index is 701. The molecule has 1 aromatic carbocycles. The van der Waals surface area contributed by atoms with E-state index in [0.717, 1.165) is 17.3 Å². The third-order valence-corrected chi connectivity index (χ3v) is 5.76. The van der Waals surface area contributed by atoms with Gasteiger partial charge in [-0.25, -0.2) is 0 Å². The highest BCUT2D eigenvalue weighted by atomic mass is 79.9. The summed E-state index contributed by atoms with van der Waals surface area (Å²) in [5, 5.41) is 2.66. The van der Waals surface area contributed by atoms with Crippen LogP contribution in [0.2, 0.25) is 0 Å². The van der Waals surface area contributed by atoms with E-state index in [1.807, 2.05) is 0 Å². The lowest BCUT2D eigenvalue weighted by molar-refractivity contribution is -0.157. The summed E-state index contributed by atoms with van der Waals surface area (Å²) in [7, 11) is 0. The summed E-state index contributed by atoms with van der Waals surface area (Å²) in [6.07, 6.45) is 1.56. The fourth-order valence-corrected chi connectivity index (χ4v) is 4.55. The van der Waals surface area contributed by atoms with E-state index < -0.39 is 17.8 Å². The SMILES string of the molecule is O=C(COC(=O)[C@@H]1[C@@H]2C[C@@H]3[C@@H]1C(=O)O[C@@H]3C2)Nc1ccc(Br)cc1. The fraction of sp³-hybridized carbons (Fsp3) is 0.471. The molecular weight excluding hydrogens is 378 g/mol. The first-order chi connectivity index (χ1) is 11.5. The van der Waals surface area contributed by atoms with Crippen molar-refractivity contribution in [3.8, 4) is 0 Å². The monoisotopic (exact) mass is 393 g/mol. The lowest BCUT2D eigenvalue weighted by atomic mass is 9.80. The van der Waals surface area contributed by atoms with Crippen molar-refractivity contribution in [3.05, 3.63) is 28.7 Å². The number of carbonyl (C=O) groups is 3. The van der Waals surface area contributed by atoms with Gasteiger partial charge >= 0.3 is 11.9 Å². The van der Waals surface area contributed by atoms with Crippen LogP contribution in [0.1, 0.15) is 12.8 Å². The molecule has 3 aliphatic rings. The van der Waals surface area contributed by atoms with Gasteiger partial charge in [-0.2, -0.15) is 0 Å². The molecule has 126 valence electrons. The van der Waals surface area contributed by atoms with E-state index in [9.17, 15) is 14.4 Å². The van der Waals surface area contributed by atoms with Gasteiger partial charge in [-0.3, -0.25) is 14.4 Å². The molecule has 24 heavy (non-hydrogen) atoms. The molecule has 1 heterocycles. The summed E-state index contributed by atoms with van der Waals surface area (Å²) in [5.74, 6) is -1.70. The lowest BCUT2D eigenvalue weighted by Crippen LogP contribution is -2.34. The molecule has 1 saturated heterocycles. The Morgan fingerprint density at radius 3 is 2.75 bits per heavy atom. The van der Waals surface area contributed by atoms with Crippen LogP contribution in [-0.2, 0) is 23.9 Å². The largest absolute Gasteiger partial charge is 0.462 e. The highest BCUT2D eigenvalue weighted by molar-refractivity contribution is 9.10. The molecule has 7 heteroatoms. The third-order valence-electron chi connectivity index (χ3n) is 5.23. The zero-order valence-corrected chi connectivity index (χ0v) is 14.3. The number of ether oxygens (including phenoxy) is 2. The molecule has 6 nitrogen and oxygen atoms in total. The number of esters is 2. The summed E-state index contributed by atoms with van der Waals surface area (Å²) in [4.78, 5) is 36.2. The Hall–Kier alpha value is -1.89. The van der Waals surface area contributed by atoms with Crippen molar-refractivity contribution >= 4 is 39.5 Å². The highest BCUT2D eigenvalue weighted by Crippen LogP contribution is 2.57. The molecule has 3 fully saturated rings. The second-order valence-corrected chi connectivity index (χ2v) is 7.50. The molecule has 4 rings (SSSR count). The van der Waals surface area contributed by atoms with E-state index in [4.69, 9.17) is 9.47 Å². The molecule has 2 bridgehead atoms.